The van der Waals surface area contributed by atoms with Crippen molar-refractivity contribution >= 4 is 54.5 Å². The minimum atomic E-state index is 0.537. The number of benzene rings is 1. The molecular formula is C14H7Br2ClN2O. The summed E-state index contributed by atoms with van der Waals surface area (Å²) in [6.07, 6.45) is 3.39. The smallest absolute Gasteiger partial charge is 0.156 e. The molecule has 2 heterocycles. The number of fused-ring (bicyclic) bond motifs is 1. The Morgan fingerprint density at radius 2 is 1.80 bits per heavy atom. The number of ether oxygens (including phenoxy) is 1. The highest BCUT2D eigenvalue weighted by Gasteiger charge is 2.09. The van der Waals surface area contributed by atoms with Gasteiger partial charge in [0.15, 0.2) is 5.75 Å². The molecule has 3 nitrogen and oxygen atoms in total. The third-order valence-corrected chi connectivity index (χ3v) is 3.86. The van der Waals surface area contributed by atoms with E-state index in [4.69, 9.17) is 16.3 Å². The van der Waals surface area contributed by atoms with Crippen LogP contribution in [0.25, 0.3) is 11.0 Å². The number of aromatic nitrogens is 2. The molecule has 1 aromatic carbocycles. The highest BCUT2D eigenvalue weighted by atomic mass is 79.9. The molecule has 2 aromatic heterocycles. The van der Waals surface area contributed by atoms with Crippen molar-refractivity contribution in [3.05, 3.63) is 56.7 Å². The fraction of sp³-hybridized carbons (Fsp3) is 0. The maximum Gasteiger partial charge on any atom is 0.156 e. The first-order valence-corrected chi connectivity index (χ1v) is 7.63. The van der Waals surface area contributed by atoms with E-state index < -0.39 is 0 Å². The van der Waals surface area contributed by atoms with E-state index in [2.05, 4.69) is 41.8 Å². The average Bonchev–Trinajstić information content (AvgIpc) is 2.43. The van der Waals surface area contributed by atoms with Crippen molar-refractivity contribution < 1.29 is 4.74 Å². The lowest BCUT2D eigenvalue weighted by Gasteiger charge is -2.09. The van der Waals surface area contributed by atoms with Gasteiger partial charge in [0.2, 0.25) is 0 Å². The number of nitrogens with zero attached hydrogens (tertiary/aromatic N) is 2. The Morgan fingerprint density at radius 3 is 2.65 bits per heavy atom. The maximum absolute atomic E-state index is 6.13. The van der Waals surface area contributed by atoms with Crippen molar-refractivity contribution in [3.63, 3.8) is 0 Å². The molecule has 3 rings (SSSR count). The second-order valence-electron chi connectivity index (χ2n) is 4.01. The van der Waals surface area contributed by atoms with Crippen LogP contribution in [0.5, 0.6) is 11.5 Å². The van der Waals surface area contributed by atoms with Crippen molar-refractivity contribution in [2.24, 2.45) is 0 Å². The Balaban J connectivity index is 2.09. The molecule has 0 bridgehead atoms. The minimum Gasteiger partial charge on any atom is -0.453 e. The molecule has 0 radical (unpaired) electrons. The lowest BCUT2D eigenvalue weighted by molar-refractivity contribution is 0.486. The van der Waals surface area contributed by atoms with Gasteiger partial charge in [-0.1, -0.05) is 27.5 Å². The molecule has 6 heteroatoms. The fourth-order valence-corrected chi connectivity index (χ4v) is 2.55. The van der Waals surface area contributed by atoms with Gasteiger partial charge < -0.3 is 4.74 Å². The first kappa shape index (κ1) is 13.8. The van der Waals surface area contributed by atoms with Gasteiger partial charge in [0.1, 0.15) is 11.3 Å². The van der Waals surface area contributed by atoms with Crippen LogP contribution in [0.3, 0.4) is 0 Å². The number of hydrogen-bond acceptors (Lipinski definition) is 3. The van der Waals surface area contributed by atoms with Crippen LogP contribution in [0.4, 0.5) is 0 Å². The zero-order valence-corrected chi connectivity index (χ0v) is 13.9. The largest absolute Gasteiger partial charge is 0.453 e. The first-order valence-electron chi connectivity index (χ1n) is 5.66. The minimum absolute atomic E-state index is 0.537. The predicted molar refractivity (Wildman–Crippen MR) is 86.5 cm³/mol. The normalized spacial score (nSPS) is 10.8. The Morgan fingerprint density at radius 1 is 0.950 bits per heavy atom. The summed E-state index contributed by atoms with van der Waals surface area (Å²) in [5, 5.41) is 0.537. The van der Waals surface area contributed by atoms with Crippen LogP contribution >= 0.6 is 43.5 Å². The van der Waals surface area contributed by atoms with Crippen LogP contribution < -0.4 is 4.74 Å². The molecule has 0 aliphatic rings. The van der Waals surface area contributed by atoms with Gasteiger partial charge in [-0.05, 0) is 40.2 Å². The Hall–Kier alpha value is -1.17. The van der Waals surface area contributed by atoms with E-state index >= 15 is 0 Å². The van der Waals surface area contributed by atoms with Gasteiger partial charge >= 0.3 is 0 Å². The van der Waals surface area contributed by atoms with E-state index in [1.165, 1.54) is 0 Å². The van der Waals surface area contributed by atoms with Gasteiger partial charge in [0, 0.05) is 27.4 Å². The van der Waals surface area contributed by atoms with Crippen LogP contribution in [-0.4, -0.2) is 9.97 Å². The van der Waals surface area contributed by atoms with Crippen molar-refractivity contribution in [3.8, 4) is 11.5 Å². The fourth-order valence-electron chi connectivity index (χ4n) is 1.74. The molecule has 0 N–H and O–H groups in total. The summed E-state index contributed by atoms with van der Waals surface area (Å²) in [5.74, 6) is 1.18. The summed E-state index contributed by atoms with van der Waals surface area (Å²) in [6.45, 7) is 0. The molecule has 0 atom stereocenters. The topological polar surface area (TPSA) is 35.0 Å². The van der Waals surface area contributed by atoms with Crippen LogP contribution in [0, 0.1) is 0 Å². The molecule has 0 unspecified atom stereocenters. The molecule has 0 aliphatic heterocycles. The monoisotopic (exact) mass is 412 g/mol. The predicted octanol–water partition coefficient (Wildman–Crippen LogP) is 5.60. The molecule has 100 valence electrons. The lowest BCUT2D eigenvalue weighted by atomic mass is 10.3. The van der Waals surface area contributed by atoms with Gasteiger partial charge in [0.05, 0.1) is 10.5 Å². The molecule has 0 aliphatic carbocycles. The zero-order chi connectivity index (χ0) is 14.1. The zero-order valence-electron chi connectivity index (χ0n) is 9.98. The van der Waals surface area contributed by atoms with Gasteiger partial charge in [-0.15, -0.1) is 0 Å². The summed E-state index contributed by atoms with van der Waals surface area (Å²) in [4.78, 5) is 8.61. The van der Waals surface area contributed by atoms with Gasteiger partial charge in [-0.3, -0.25) is 4.98 Å². The quantitative estimate of drug-likeness (QED) is 0.547. The number of rotatable bonds is 2. The van der Waals surface area contributed by atoms with E-state index in [-0.39, 0.29) is 0 Å². The van der Waals surface area contributed by atoms with E-state index in [1.54, 1.807) is 24.5 Å². The van der Waals surface area contributed by atoms with Crippen LogP contribution in [-0.2, 0) is 0 Å². The van der Waals surface area contributed by atoms with Crippen LogP contribution in [0.2, 0.25) is 5.02 Å². The second kappa shape index (κ2) is 5.68. The summed E-state index contributed by atoms with van der Waals surface area (Å²) in [6, 6.07) is 9.09. The molecule has 20 heavy (non-hydrogen) atoms. The standard InChI is InChI=1S/C14H7Br2ClN2O/c15-8-1-2-10(17)13(6-8)20-12-3-4-18-11-5-9(16)7-19-14(11)12/h1-7H. The third kappa shape index (κ3) is 2.80. The number of halogens is 3. The highest BCUT2D eigenvalue weighted by molar-refractivity contribution is 9.10. The van der Waals surface area contributed by atoms with E-state index in [0.717, 1.165) is 14.5 Å². The van der Waals surface area contributed by atoms with Crippen molar-refractivity contribution in [2.45, 2.75) is 0 Å². The van der Waals surface area contributed by atoms with E-state index in [0.29, 0.717) is 22.0 Å². The third-order valence-electron chi connectivity index (χ3n) is 2.62. The highest BCUT2D eigenvalue weighted by Crippen LogP contribution is 2.34. The number of hydrogen-bond donors (Lipinski definition) is 0. The lowest BCUT2D eigenvalue weighted by Crippen LogP contribution is -1.90. The molecule has 0 spiro atoms. The van der Waals surface area contributed by atoms with E-state index in [9.17, 15) is 0 Å². The maximum atomic E-state index is 6.13. The molecule has 0 saturated carbocycles. The summed E-state index contributed by atoms with van der Waals surface area (Å²) >= 11 is 12.9. The molecular weight excluding hydrogens is 407 g/mol. The molecule has 0 saturated heterocycles. The van der Waals surface area contributed by atoms with Gasteiger partial charge in [-0.2, -0.15) is 0 Å². The SMILES string of the molecule is Clc1ccc(Br)cc1Oc1ccnc2cc(Br)cnc12. The van der Waals surface area contributed by atoms with Crippen LogP contribution in [0.1, 0.15) is 0 Å². The van der Waals surface area contributed by atoms with E-state index in [1.807, 2.05) is 18.2 Å². The summed E-state index contributed by atoms with van der Waals surface area (Å²) in [5.41, 5.74) is 1.44. The van der Waals surface area contributed by atoms with Gasteiger partial charge in [-0.25, -0.2) is 4.98 Å². The van der Waals surface area contributed by atoms with Gasteiger partial charge in [0.25, 0.3) is 0 Å². The Kier molecular flexibility index (Phi) is 3.92. The van der Waals surface area contributed by atoms with Crippen LogP contribution in [0.15, 0.2) is 51.7 Å². The molecule has 0 amide bonds. The average molecular weight is 414 g/mol. The molecule has 3 aromatic rings. The first-order chi connectivity index (χ1) is 9.63. The molecule has 0 fully saturated rings. The Bertz CT molecular complexity index is 795. The Labute approximate surface area is 137 Å². The summed E-state index contributed by atoms with van der Waals surface area (Å²) in [7, 11) is 0. The number of pyridine rings is 2. The summed E-state index contributed by atoms with van der Waals surface area (Å²) < 4.78 is 7.63. The van der Waals surface area contributed by atoms with Crippen molar-refractivity contribution in [1.82, 2.24) is 9.97 Å². The van der Waals surface area contributed by atoms with Crippen molar-refractivity contribution in [1.29, 1.82) is 0 Å². The second-order valence-corrected chi connectivity index (χ2v) is 6.25. The van der Waals surface area contributed by atoms with Crippen molar-refractivity contribution in [2.75, 3.05) is 0 Å².